The van der Waals surface area contributed by atoms with Crippen molar-refractivity contribution < 1.29 is 63.7 Å². The minimum Gasteiger partial charge on any atom is -0.475 e. The molecule has 0 bridgehead atoms. The first-order chi connectivity index (χ1) is 18.1. The lowest BCUT2D eigenvalue weighted by Crippen LogP contribution is -2.62. The molecule has 16 heteroatoms. The number of rotatable bonds is 6. The van der Waals surface area contributed by atoms with E-state index in [1.807, 2.05) is 0 Å². The highest BCUT2D eigenvalue weighted by Gasteiger charge is 2.62. The van der Waals surface area contributed by atoms with Crippen molar-refractivity contribution in [3.63, 3.8) is 0 Å². The first kappa shape index (κ1) is 31.6. The zero-order valence-corrected chi connectivity index (χ0v) is 21.5. The Bertz CT molecular complexity index is 1090. The molecular weight excluding hydrogens is 567 g/mol. The molecule has 7 nitrogen and oxygen atoms in total. The summed E-state index contributed by atoms with van der Waals surface area (Å²) in [6.45, 7) is 1.33. The molecule has 1 N–H and O–H groups in total. The monoisotopic (exact) mass is 594 g/mol. The van der Waals surface area contributed by atoms with E-state index in [1.54, 1.807) is 0 Å². The van der Waals surface area contributed by atoms with E-state index in [1.165, 1.54) is 20.8 Å². The van der Waals surface area contributed by atoms with E-state index in [0.29, 0.717) is 15.9 Å². The van der Waals surface area contributed by atoms with Crippen LogP contribution in [0.3, 0.4) is 0 Å². The van der Waals surface area contributed by atoms with Crippen molar-refractivity contribution in [2.24, 2.45) is 5.92 Å². The largest absolute Gasteiger partial charge is 0.475 e. The number of amides is 1. The Hall–Kier alpha value is -2.91. The molecule has 1 atom stereocenters. The summed E-state index contributed by atoms with van der Waals surface area (Å²) in [6, 6.07) is 0.0453. The number of ether oxygens (including phenoxy) is 2. The fraction of sp³-hybridized carbons (Fsp3) is 0.667. The molecule has 1 unspecified atom stereocenters. The molecule has 1 aromatic carbocycles. The summed E-state index contributed by atoms with van der Waals surface area (Å²) in [4.78, 5) is 25.1. The average molecular weight is 594 g/mol. The summed E-state index contributed by atoms with van der Waals surface area (Å²) < 4.78 is 135. The van der Waals surface area contributed by atoms with E-state index in [4.69, 9.17) is 9.47 Å². The van der Waals surface area contributed by atoms with E-state index >= 15 is 0 Å². The molecule has 1 aliphatic carbocycles. The van der Waals surface area contributed by atoms with Gasteiger partial charge >= 0.3 is 30.6 Å². The van der Waals surface area contributed by atoms with Gasteiger partial charge in [-0.15, -0.1) is 0 Å². The second kappa shape index (κ2) is 10.5. The van der Waals surface area contributed by atoms with Gasteiger partial charge in [0.15, 0.2) is 5.92 Å². The van der Waals surface area contributed by atoms with Gasteiger partial charge in [0.2, 0.25) is 5.60 Å². The quantitative estimate of drug-likeness (QED) is 0.328. The Morgan fingerprint density at radius 2 is 1.57 bits per heavy atom. The molecule has 0 aromatic heterocycles. The molecule has 1 saturated heterocycles. The Labute approximate surface area is 222 Å². The number of carbonyl (C=O) groups is 2. The molecule has 40 heavy (non-hydrogen) atoms. The van der Waals surface area contributed by atoms with Crippen LogP contribution in [0.2, 0.25) is 0 Å². The smallest absolute Gasteiger partial charge is 0.419 e. The maximum atomic E-state index is 14.0. The molecule has 1 aromatic rings. The summed E-state index contributed by atoms with van der Waals surface area (Å²) in [5.41, 5.74) is -4.65. The molecule has 0 spiro atoms. The standard InChI is InChI=1S/C24H27F9N2O5/c1-20(2,3)40-18(36)21(7-8-21)39-16-13(5-4-6-14(16)22(25,26)27)11-34-9-10-35(19(37)38)12-15(34)17(23(28,29)30)24(31,32)33/h4-6,15,17H,7-12H2,1-3H3,(H,37,38). The van der Waals surface area contributed by atoms with E-state index in [-0.39, 0.29) is 12.8 Å². The summed E-state index contributed by atoms with van der Waals surface area (Å²) in [6.07, 6.45) is -18.6. The highest BCUT2D eigenvalue weighted by atomic mass is 19.4. The second-order valence-electron chi connectivity index (χ2n) is 10.7. The molecule has 0 radical (unpaired) electrons. The molecule has 2 aliphatic rings. The number of hydrogen-bond acceptors (Lipinski definition) is 5. The Kier molecular flexibility index (Phi) is 8.29. The van der Waals surface area contributed by atoms with E-state index < -0.39 is 96.8 Å². The summed E-state index contributed by atoms with van der Waals surface area (Å²) in [5, 5.41) is 9.21. The van der Waals surface area contributed by atoms with E-state index in [2.05, 4.69) is 0 Å². The minimum atomic E-state index is -5.84. The minimum absolute atomic E-state index is 0.0301. The Morgan fingerprint density at radius 3 is 2.02 bits per heavy atom. The normalized spacial score (nSPS) is 20.4. The van der Waals surface area contributed by atoms with Crippen LogP contribution >= 0.6 is 0 Å². The lowest BCUT2D eigenvalue weighted by Gasteiger charge is -2.44. The van der Waals surface area contributed by atoms with Crippen LogP contribution in [0.25, 0.3) is 0 Å². The number of halogens is 9. The van der Waals surface area contributed by atoms with Crippen LogP contribution in [0.1, 0.15) is 44.7 Å². The van der Waals surface area contributed by atoms with E-state index in [0.717, 1.165) is 12.1 Å². The number of benzene rings is 1. The number of hydrogen-bond donors (Lipinski definition) is 1. The molecule has 1 saturated carbocycles. The Balaban J connectivity index is 2.05. The highest BCUT2D eigenvalue weighted by Crippen LogP contribution is 2.48. The average Bonchev–Trinajstić information content (AvgIpc) is 3.53. The van der Waals surface area contributed by atoms with Gasteiger partial charge in [-0.05, 0) is 26.8 Å². The van der Waals surface area contributed by atoms with Crippen LogP contribution in [-0.2, 0) is 22.3 Å². The van der Waals surface area contributed by atoms with Gasteiger partial charge in [-0.1, -0.05) is 12.1 Å². The van der Waals surface area contributed by atoms with Crippen molar-refractivity contribution in [3.05, 3.63) is 29.3 Å². The molecule has 3 rings (SSSR count). The van der Waals surface area contributed by atoms with Crippen LogP contribution in [0.4, 0.5) is 44.3 Å². The Morgan fingerprint density at radius 1 is 1.00 bits per heavy atom. The van der Waals surface area contributed by atoms with Gasteiger partial charge < -0.3 is 19.5 Å². The van der Waals surface area contributed by atoms with Gasteiger partial charge in [0, 0.05) is 50.6 Å². The maximum Gasteiger partial charge on any atom is 0.419 e. The fourth-order valence-electron chi connectivity index (χ4n) is 4.46. The van der Waals surface area contributed by atoms with Gasteiger partial charge in [0.1, 0.15) is 11.4 Å². The predicted molar refractivity (Wildman–Crippen MR) is 119 cm³/mol. The third-order valence-corrected chi connectivity index (χ3v) is 6.44. The first-order valence-electron chi connectivity index (χ1n) is 12.0. The van der Waals surface area contributed by atoms with Crippen molar-refractivity contribution in [3.8, 4) is 5.75 Å². The van der Waals surface area contributed by atoms with Gasteiger partial charge in [-0.25, -0.2) is 9.59 Å². The predicted octanol–water partition coefficient (Wildman–Crippen LogP) is 5.86. The van der Waals surface area contributed by atoms with Gasteiger partial charge in [-0.2, -0.15) is 39.5 Å². The molecule has 2 fully saturated rings. The molecule has 226 valence electrons. The summed E-state index contributed by atoms with van der Waals surface area (Å²) in [5.74, 6) is -5.88. The van der Waals surface area contributed by atoms with Gasteiger partial charge in [0.05, 0.1) is 5.56 Å². The van der Waals surface area contributed by atoms with Crippen LogP contribution in [-0.4, -0.2) is 76.2 Å². The number of piperazine rings is 1. The van der Waals surface area contributed by atoms with Crippen LogP contribution < -0.4 is 4.74 Å². The van der Waals surface area contributed by atoms with Crippen LogP contribution in [0.15, 0.2) is 18.2 Å². The number of carbonyl (C=O) groups excluding carboxylic acids is 1. The molecule has 1 aliphatic heterocycles. The zero-order valence-electron chi connectivity index (χ0n) is 21.5. The van der Waals surface area contributed by atoms with Crippen molar-refractivity contribution in [2.75, 3.05) is 19.6 Å². The van der Waals surface area contributed by atoms with Crippen molar-refractivity contribution in [1.82, 2.24) is 9.80 Å². The highest BCUT2D eigenvalue weighted by molar-refractivity contribution is 5.84. The molecule has 1 heterocycles. The van der Waals surface area contributed by atoms with Gasteiger partial charge in [-0.3, -0.25) is 4.90 Å². The SMILES string of the molecule is CC(C)(C)OC(=O)C1(Oc2c(CN3CCN(C(=O)O)CC3C(C(F)(F)F)C(F)(F)F)cccc2C(F)(F)F)CC1. The molecular formula is C24H27F9N2O5. The third-order valence-electron chi connectivity index (χ3n) is 6.44. The van der Waals surface area contributed by atoms with Crippen molar-refractivity contribution >= 4 is 12.1 Å². The number of alkyl halides is 9. The van der Waals surface area contributed by atoms with Crippen molar-refractivity contribution in [1.29, 1.82) is 0 Å². The van der Waals surface area contributed by atoms with Crippen LogP contribution in [0.5, 0.6) is 5.75 Å². The maximum absolute atomic E-state index is 14.0. The topological polar surface area (TPSA) is 79.3 Å². The first-order valence-corrected chi connectivity index (χ1v) is 12.0. The van der Waals surface area contributed by atoms with Crippen LogP contribution in [0, 0.1) is 5.92 Å². The lowest BCUT2D eigenvalue weighted by atomic mass is 9.93. The van der Waals surface area contributed by atoms with Gasteiger partial charge in [0.25, 0.3) is 0 Å². The number of carboxylic acid groups (broad SMARTS) is 1. The summed E-state index contributed by atoms with van der Waals surface area (Å²) >= 11 is 0. The number of esters is 1. The summed E-state index contributed by atoms with van der Waals surface area (Å²) in [7, 11) is 0. The van der Waals surface area contributed by atoms with E-state index in [9.17, 15) is 54.2 Å². The van der Waals surface area contributed by atoms with Crippen molar-refractivity contribution in [2.45, 2.75) is 75.9 Å². The fourth-order valence-corrected chi connectivity index (χ4v) is 4.46. The lowest BCUT2D eigenvalue weighted by molar-refractivity contribution is -0.302. The number of para-hydroxylation sites is 1. The zero-order chi connectivity index (χ0) is 30.5. The number of nitrogens with zero attached hydrogens (tertiary/aromatic N) is 2. The third kappa shape index (κ3) is 7.23. The molecule has 1 amide bonds. The second-order valence-corrected chi connectivity index (χ2v) is 10.7.